The third kappa shape index (κ3) is 6.21. The number of aromatic nitrogens is 2. The van der Waals surface area contributed by atoms with Crippen molar-refractivity contribution in [2.75, 3.05) is 26.0 Å². The van der Waals surface area contributed by atoms with E-state index in [2.05, 4.69) is 20.8 Å². The number of hydrogen-bond donors (Lipinski definition) is 2. The number of carbonyl (C=O) groups is 3. The molecular formula is C18H21N5O5S. The number of rotatable bonds is 9. The molecule has 29 heavy (non-hydrogen) atoms. The predicted octanol–water partition coefficient (Wildman–Crippen LogP) is 0.971. The molecule has 10 nitrogen and oxygen atoms in total. The van der Waals surface area contributed by atoms with Gasteiger partial charge in [0.1, 0.15) is 12.3 Å². The van der Waals surface area contributed by atoms with Crippen LogP contribution in [-0.4, -0.2) is 58.9 Å². The number of amides is 4. The highest BCUT2D eigenvalue weighted by atomic mass is 32.2. The van der Waals surface area contributed by atoms with Gasteiger partial charge in [-0.25, -0.2) is 4.79 Å². The number of urea groups is 1. The zero-order valence-corrected chi connectivity index (χ0v) is 16.7. The third-order valence-electron chi connectivity index (χ3n) is 4.14. The van der Waals surface area contributed by atoms with Gasteiger partial charge in [-0.3, -0.25) is 14.9 Å². The van der Waals surface area contributed by atoms with E-state index >= 15 is 0 Å². The molecule has 0 unspecified atom stereocenters. The van der Waals surface area contributed by atoms with E-state index in [1.165, 1.54) is 4.90 Å². The van der Waals surface area contributed by atoms with Gasteiger partial charge in [0.25, 0.3) is 5.22 Å². The second-order valence-electron chi connectivity index (χ2n) is 6.22. The first-order valence-corrected chi connectivity index (χ1v) is 9.95. The largest absolute Gasteiger partial charge is 0.497 e. The number of methoxy groups -OCH3 is 1. The molecule has 11 heteroatoms. The normalized spacial score (nSPS) is 13.9. The summed E-state index contributed by atoms with van der Waals surface area (Å²) in [5.74, 6) is 0.741. The molecule has 2 N–H and O–H groups in total. The first-order valence-electron chi connectivity index (χ1n) is 8.97. The Hall–Kier alpha value is -3.08. The van der Waals surface area contributed by atoms with E-state index < -0.39 is 6.03 Å². The summed E-state index contributed by atoms with van der Waals surface area (Å²) in [6.07, 6.45) is 0.948. The van der Waals surface area contributed by atoms with Gasteiger partial charge in [0.2, 0.25) is 17.7 Å². The maximum Gasteiger partial charge on any atom is 0.324 e. The molecule has 0 atom stereocenters. The van der Waals surface area contributed by atoms with Gasteiger partial charge in [0, 0.05) is 19.5 Å². The molecule has 0 saturated carbocycles. The molecular weight excluding hydrogens is 398 g/mol. The van der Waals surface area contributed by atoms with Crippen molar-refractivity contribution in [3.8, 4) is 5.75 Å². The van der Waals surface area contributed by atoms with E-state index in [0.717, 1.165) is 23.1 Å². The van der Waals surface area contributed by atoms with Crippen LogP contribution >= 0.6 is 11.8 Å². The fraction of sp³-hybridized carbons (Fsp3) is 0.389. The van der Waals surface area contributed by atoms with Crippen molar-refractivity contribution < 1.29 is 23.5 Å². The van der Waals surface area contributed by atoms with E-state index in [-0.39, 0.29) is 41.6 Å². The highest BCUT2D eigenvalue weighted by Gasteiger charge is 2.24. The molecule has 1 fully saturated rings. The molecule has 1 aliphatic rings. The number of ether oxygens (including phenoxy) is 1. The van der Waals surface area contributed by atoms with Crippen LogP contribution in [0.3, 0.4) is 0 Å². The summed E-state index contributed by atoms with van der Waals surface area (Å²) in [4.78, 5) is 36.2. The third-order valence-corrected chi connectivity index (χ3v) is 4.96. The van der Waals surface area contributed by atoms with Gasteiger partial charge >= 0.3 is 6.03 Å². The maximum atomic E-state index is 12.0. The van der Waals surface area contributed by atoms with Crippen LogP contribution in [0.15, 0.2) is 33.9 Å². The quantitative estimate of drug-likeness (QED) is 0.576. The lowest BCUT2D eigenvalue weighted by atomic mass is 10.1. The Bertz CT molecular complexity index is 870. The van der Waals surface area contributed by atoms with Crippen molar-refractivity contribution in [2.45, 2.75) is 24.6 Å². The van der Waals surface area contributed by atoms with E-state index in [0.29, 0.717) is 19.5 Å². The minimum Gasteiger partial charge on any atom is -0.497 e. The number of hydrogen-bond acceptors (Lipinski definition) is 8. The van der Waals surface area contributed by atoms with Crippen molar-refractivity contribution in [2.24, 2.45) is 0 Å². The van der Waals surface area contributed by atoms with Gasteiger partial charge in [-0.2, -0.15) is 0 Å². The zero-order chi connectivity index (χ0) is 20.6. The summed E-state index contributed by atoms with van der Waals surface area (Å²) in [5.41, 5.74) is 1.10. The number of carbonyl (C=O) groups excluding carboxylic acids is 3. The van der Waals surface area contributed by atoms with Gasteiger partial charge in [0.05, 0.1) is 12.9 Å². The highest BCUT2D eigenvalue weighted by molar-refractivity contribution is 7.99. The monoisotopic (exact) mass is 419 g/mol. The van der Waals surface area contributed by atoms with E-state index in [9.17, 15) is 14.4 Å². The average Bonchev–Trinajstić information content (AvgIpc) is 3.16. The van der Waals surface area contributed by atoms with Crippen molar-refractivity contribution >= 4 is 29.6 Å². The molecule has 0 aliphatic carbocycles. The summed E-state index contributed by atoms with van der Waals surface area (Å²) < 4.78 is 10.6. The first-order chi connectivity index (χ1) is 14.0. The number of benzene rings is 1. The summed E-state index contributed by atoms with van der Waals surface area (Å²) >= 11 is 1.12. The molecule has 1 saturated heterocycles. The minimum absolute atomic E-state index is 0.112. The number of imide groups is 1. The van der Waals surface area contributed by atoms with E-state index in [1.807, 2.05) is 24.3 Å². The average molecular weight is 419 g/mol. The number of thioether (sulfide) groups is 1. The topological polar surface area (TPSA) is 127 Å². The first kappa shape index (κ1) is 20.6. The second-order valence-corrected chi connectivity index (χ2v) is 7.15. The van der Waals surface area contributed by atoms with Gasteiger partial charge in [0.15, 0.2) is 0 Å². The van der Waals surface area contributed by atoms with Crippen molar-refractivity contribution in [1.82, 2.24) is 25.7 Å². The van der Waals surface area contributed by atoms with E-state index in [1.54, 1.807) is 7.11 Å². The van der Waals surface area contributed by atoms with Crippen LogP contribution in [0.2, 0.25) is 0 Å². The Balaban J connectivity index is 1.37. The number of nitrogens with one attached hydrogen (secondary N) is 2. The van der Waals surface area contributed by atoms with Crippen LogP contribution in [-0.2, 0) is 22.6 Å². The Kier molecular flexibility index (Phi) is 7.06. The molecule has 154 valence electrons. The molecule has 0 bridgehead atoms. The fourth-order valence-corrected chi connectivity index (χ4v) is 3.20. The smallest absolute Gasteiger partial charge is 0.324 e. The maximum absolute atomic E-state index is 12.0. The van der Waals surface area contributed by atoms with Gasteiger partial charge in [-0.15, -0.1) is 10.2 Å². The fourth-order valence-electron chi connectivity index (χ4n) is 2.59. The predicted molar refractivity (Wildman–Crippen MR) is 103 cm³/mol. The molecule has 1 aliphatic heterocycles. The lowest BCUT2D eigenvalue weighted by molar-refractivity contribution is -0.121. The molecule has 0 spiro atoms. The van der Waals surface area contributed by atoms with Crippen LogP contribution in [0, 0.1) is 0 Å². The molecule has 2 aromatic rings. The van der Waals surface area contributed by atoms with Crippen molar-refractivity contribution in [3.63, 3.8) is 0 Å². The van der Waals surface area contributed by atoms with Gasteiger partial charge < -0.3 is 19.4 Å². The second kappa shape index (κ2) is 9.92. The lowest BCUT2D eigenvalue weighted by Crippen LogP contribution is -2.48. The molecule has 1 aromatic heterocycles. The van der Waals surface area contributed by atoms with Gasteiger partial charge in [-0.05, 0) is 24.1 Å². The number of nitrogens with zero attached hydrogens (tertiary/aromatic N) is 3. The summed E-state index contributed by atoms with van der Waals surface area (Å²) in [7, 11) is 1.62. The Morgan fingerprint density at radius 2 is 2.10 bits per heavy atom. The highest BCUT2D eigenvalue weighted by Crippen LogP contribution is 2.17. The standard InChI is InChI=1S/C18H21N5O5S/c1-27-13-4-2-12(3-5-13)6-8-19-15(25)11-29-18-22-21-16(28-18)10-23-9-7-14(24)20-17(23)26/h2-5H,6-11H2,1H3,(H,19,25)(H,20,24,26). The van der Waals surface area contributed by atoms with Crippen LogP contribution in [0.1, 0.15) is 17.9 Å². The Labute approximate surface area is 171 Å². The van der Waals surface area contributed by atoms with Gasteiger partial charge in [-0.1, -0.05) is 23.9 Å². The van der Waals surface area contributed by atoms with Crippen LogP contribution in [0.25, 0.3) is 0 Å². The van der Waals surface area contributed by atoms with Crippen LogP contribution < -0.4 is 15.4 Å². The lowest BCUT2D eigenvalue weighted by Gasteiger charge is -2.24. The Morgan fingerprint density at radius 1 is 1.31 bits per heavy atom. The molecule has 3 rings (SSSR count). The SMILES string of the molecule is COc1ccc(CCNC(=O)CSc2nnc(CN3CCC(=O)NC3=O)o2)cc1. The van der Waals surface area contributed by atoms with Crippen LogP contribution in [0.5, 0.6) is 5.75 Å². The van der Waals surface area contributed by atoms with E-state index in [4.69, 9.17) is 9.15 Å². The molecule has 4 amide bonds. The summed E-state index contributed by atoms with van der Waals surface area (Å²) in [6, 6.07) is 7.19. The zero-order valence-electron chi connectivity index (χ0n) is 15.8. The summed E-state index contributed by atoms with van der Waals surface area (Å²) in [5, 5.41) is 13.1. The minimum atomic E-state index is -0.482. The molecule has 1 aromatic carbocycles. The van der Waals surface area contributed by atoms with Crippen molar-refractivity contribution in [1.29, 1.82) is 0 Å². The molecule has 2 heterocycles. The molecule has 0 radical (unpaired) electrons. The van der Waals surface area contributed by atoms with Crippen LogP contribution in [0.4, 0.5) is 4.79 Å². The summed E-state index contributed by atoms with van der Waals surface area (Å²) in [6.45, 7) is 0.927. The Morgan fingerprint density at radius 3 is 2.83 bits per heavy atom. The van der Waals surface area contributed by atoms with Crippen molar-refractivity contribution in [3.05, 3.63) is 35.7 Å².